The first-order valence-electron chi connectivity index (χ1n) is 7.10. The van der Waals surface area contributed by atoms with Gasteiger partial charge in [0, 0.05) is 10.8 Å². The number of H-pyrrole nitrogens is 1. The first-order valence-corrected chi connectivity index (χ1v) is 7.10. The summed E-state index contributed by atoms with van der Waals surface area (Å²) < 4.78 is 5.18. The van der Waals surface area contributed by atoms with Gasteiger partial charge in [0.2, 0.25) is 0 Å². The van der Waals surface area contributed by atoms with E-state index in [1.807, 2.05) is 30.3 Å². The number of ether oxygens (including phenoxy) is 1. The van der Waals surface area contributed by atoms with Crippen molar-refractivity contribution in [2.75, 3.05) is 6.61 Å². The Morgan fingerprint density at radius 2 is 1.64 bits per heavy atom. The smallest absolute Gasteiger partial charge is 0.340 e. The number of hydrogen-bond donors (Lipinski definition) is 1. The fraction of sp³-hybridized carbons (Fsp3) is 0.111. The lowest BCUT2D eigenvalue weighted by molar-refractivity contribution is 0.0529. The van der Waals surface area contributed by atoms with Crippen molar-refractivity contribution >= 4 is 16.7 Å². The number of aromatic nitrogens is 1. The lowest BCUT2D eigenvalue weighted by Crippen LogP contribution is -2.15. The van der Waals surface area contributed by atoms with E-state index in [2.05, 4.69) is 4.98 Å². The highest BCUT2D eigenvalue weighted by atomic mass is 16.5. The van der Waals surface area contributed by atoms with Gasteiger partial charge in [0.05, 0.1) is 17.9 Å². The molecule has 1 aromatic heterocycles. The second-order valence-corrected chi connectivity index (χ2v) is 4.84. The number of aromatic amines is 1. The van der Waals surface area contributed by atoms with E-state index in [0.29, 0.717) is 22.0 Å². The standard InChI is InChI=1S/C18H15NO3/c1-2-22-18(21)15-13-10-6-7-11-14(13)17(20)19-16(15)12-8-4-3-5-9-12/h3-11H,2H2,1H3,(H,19,20). The summed E-state index contributed by atoms with van der Waals surface area (Å²) in [4.78, 5) is 27.5. The molecule has 0 spiro atoms. The Morgan fingerprint density at radius 3 is 2.32 bits per heavy atom. The third kappa shape index (κ3) is 2.39. The molecule has 3 rings (SSSR count). The van der Waals surface area contributed by atoms with Crippen molar-refractivity contribution in [3.8, 4) is 11.3 Å². The van der Waals surface area contributed by atoms with E-state index < -0.39 is 5.97 Å². The van der Waals surface area contributed by atoms with Gasteiger partial charge in [-0.25, -0.2) is 4.79 Å². The third-order valence-electron chi connectivity index (χ3n) is 3.47. The fourth-order valence-electron chi connectivity index (χ4n) is 2.51. The van der Waals surface area contributed by atoms with Crippen molar-refractivity contribution in [1.29, 1.82) is 0 Å². The van der Waals surface area contributed by atoms with Crippen LogP contribution in [0.25, 0.3) is 22.0 Å². The molecule has 0 aliphatic heterocycles. The van der Waals surface area contributed by atoms with Crippen molar-refractivity contribution < 1.29 is 9.53 Å². The van der Waals surface area contributed by atoms with Gasteiger partial charge in [0.1, 0.15) is 0 Å². The zero-order valence-corrected chi connectivity index (χ0v) is 12.1. The fourth-order valence-corrected chi connectivity index (χ4v) is 2.51. The minimum Gasteiger partial charge on any atom is -0.462 e. The molecule has 4 nitrogen and oxygen atoms in total. The molecule has 0 saturated carbocycles. The number of carbonyl (C=O) groups excluding carboxylic acids is 1. The average Bonchev–Trinajstić information content (AvgIpc) is 2.56. The van der Waals surface area contributed by atoms with Gasteiger partial charge >= 0.3 is 5.97 Å². The topological polar surface area (TPSA) is 59.2 Å². The van der Waals surface area contributed by atoms with E-state index in [1.54, 1.807) is 31.2 Å². The lowest BCUT2D eigenvalue weighted by atomic mass is 10.00. The van der Waals surface area contributed by atoms with Crippen molar-refractivity contribution in [3.05, 3.63) is 70.5 Å². The lowest BCUT2D eigenvalue weighted by Gasteiger charge is -2.12. The predicted octanol–water partition coefficient (Wildman–Crippen LogP) is 3.37. The molecule has 0 bridgehead atoms. The molecule has 4 heteroatoms. The molecule has 0 unspecified atom stereocenters. The van der Waals surface area contributed by atoms with Crippen LogP contribution in [0.4, 0.5) is 0 Å². The SMILES string of the molecule is CCOC(=O)c1c(-c2ccccc2)[nH]c(=O)c2ccccc12. The van der Waals surface area contributed by atoms with Gasteiger partial charge in [-0.15, -0.1) is 0 Å². The number of hydrogen-bond acceptors (Lipinski definition) is 3. The molecule has 0 radical (unpaired) electrons. The summed E-state index contributed by atoms with van der Waals surface area (Å²) in [6.07, 6.45) is 0. The Morgan fingerprint density at radius 1 is 1.00 bits per heavy atom. The maximum Gasteiger partial charge on any atom is 0.340 e. The minimum atomic E-state index is -0.436. The summed E-state index contributed by atoms with van der Waals surface area (Å²) in [5, 5.41) is 1.08. The third-order valence-corrected chi connectivity index (χ3v) is 3.47. The molecule has 0 aliphatic carbocycles. The van der Waals surface area contributed by atoms with Crippen molar-refractivity contribution in [2.45, 2.75) is 6.92 Å². The van der Waals surface area contributed by atoms with Gasteiger partial charge in [0.15, 0.2) is 0 Å². The van der Waals surface area contributed by atoms with Crippen LogP contribution >= 0.6 is 0 Å². The Kier molecular flexibility index (Phi) is 3.74. The van der Waals surface area contributed by atoms with Crippen LogP contribution in [0, 0.1) is 0 Å². The monoisotopic (exact) mass is 293 g/mol. The molecule has 0 atom stereocenters. The van der Waals surface area contributed by atoms with Gasteiger partial charge in [-0.3, -0.25) is 4.79 Å². The van der Waals surface area contributed by atoms with Crippen LogP contribution < -0.4 is 5.56 Å². The molecule has 0 aliphatic rings. The van der Waals surface area contributed by atoms with Crippen LogP contribution in [0.1, 0.15) is 17.3 Å². The summed E-state index contributed by atoms with van der Waals surface area (Å²) in [5.74, 6) is -0.436. The van der Waals surface area contributed by atoms with Crippen LogP contribution in [0.3, 0.4) is 0 Å². The highest BCUT2D eigenvalue weighted by molar-refractivity contribution is 6.09. The van der Waals surface area contributed by atoms with Crippen LogP contribution in [0.5, 0.6) is 0 Å². The molecular formula is C18H15NO3. The van der Waals surface area contributed by atoms with Gasteiger partial charge in [-0.1, -0.05) is 48.5 Å². The quantitative estimate of drug-likeness (QED) is 0.753. The highest BCUT2D eigenvalue weighted by Gasteiger charge is 2.19. The summed E-state index contributed by atoms with van der Waals surface area (Å²) in [5.41, 5.74) is 1.43. The second-order valence-electron chi connectivity index (χ2n) is 4.84. The number of benzene rings is 2. The van der Waals surface area contributed by atoms with Crippen molar-refractivity contribution in [2.24, 2.45) is 0 Å². The Labute approximate surface area is 127 Å². The first-order chi connectivity index (χ1) is 10.7. The summed E-state index contributed by atoms with van der Waals surface area (Å²) in [6, 6.07) is 16.3. The van der Waals surface area contributed by atoms with Gasteiger partial charge in [-0.05, 0) is 18.6 Å². The average molecular weight is 293 g/mol. The minimum absolute atomic E-state index is 0.220. The Bertz CT molecular complexity index is 882. The predicted molar refractivity (Wildman–Crippen MR) is 86.0 cm³/mol. The Hall–Kier alpha value is -2.88. The number of carbonyl (C=O) groups is 1. The van der Waals surface area contributed by atoms with Gasteiger partial charge in [0.25, 0.3) is 5.56 Å². The van der Waals surface area contributed by atoms with E-state index in [-0.39, 0.29) is 12.2 Å². The highest BCUT2D eigenvalue weighted by Crippen LogP contribution is 2.26. The normalized spacial score (nSPS) is 10.6. The molecule has 0 fully saturated rings. The van der Waals surface area contributed by atoms with Crippen LogP contribution in [0.15, 0.2) is 59.4 Å². The van der Waals surface area contributed by atoms with E-state index >= 15 is 0 Å². The van der Waals surface area contributed by atoms with E-state index in [0.717, 1.165) is 5.56 Å². The van der Waals surface area contributed by atoms with Crippen LogP contribution in [-0.2, 0) is 4.74 Å². The van der Waals surface area contributed by atoms with Gasteiger partial charge < -0.3 is 9.72 Å². The van der Waals surface area contributed by atoms with E-state index in [9.17, 15) is 9.59 Å². The number of pyridine rings is 1. The molecule has 110 valence electrons. The van der Waals surface area contributed by atoms with Gasteiger partial charge in [-0.2, -0.15) is 0 Å². The van der Waals surface area contributed by atoms with Crippen molar-refractivity contribution in [3.63, 3.8) is 0 Å². The van der Waals surface area contributed by atoms with E-state index in [1.165, 1.54) is 0 Å². The number of esters is 1. The summed E-state index contributed by atoms with van der Waals surface area (Å²) >= 11 is 0. The molecule has 22 heavy (non-hydrogen) atoms. The molecule has 2 aromatic carbocycles. The Balaban J connectivity index is 2.38. The summed E-state index contributed by atoms with van der Waals surface area (Å²) in [7, 11) is 0. The number of rotatable bonds is 3. The van der Waals surface area contributed by atoms with E-state index in [4.69, 9.17) is 4.74 Å². The molecule has 1 heterocycles. The molecule has 3 aromatic rings. The zero-order valence-electron chi connectivity index (χ0n) is 12.1. The van der Waals surface area contributed by atoms with Crippen LogP contribution in [-0.4, -0.2) is 17.6 Å². The number of nitrogens with one attached hydrogen (secondary N) is 1. The first kappa shape index (κ1) is 14.1. The summed E-state index contributed by atoms with van der Waals surface area (Å²) in [6.45, 7) is 2.04. The molecule has 1 N–H and O–H groups in total. The molecular weight excluding hydrogens is 278 g/mol. The molecule has 0 saturated heterocycles. The number of fused-ring (bicyclic) bond motifs is 1. The zero-order chi connectivity index (χ0) is 15.5. The largest absolute Gasteiger partial charge is 0.462 e. The maximum atomic E-state index is 12.4. The maximum absolute atomic E-state index is 12.4. The van der Waals surface area contributed by atoms with Crippen molar-refractivity contribution in [1.82, 2.24) is 4.98 Å². The molecule has 0 amide bonds. The van der Waals surface area contributed by atoms with Crippen LogP contribution in [0.2, 0.25) is 0 Å². The second kappa shape index (κ2) is 5.85.